The predicted octanol–water partition coefficient (Wildman–Crippen LogP) is 5.94. The van der Waals surface area contributed by atoms with Crippen LogP contribution in [-0.4, -0.2) is 5.06 Å². The molecule has 0 N–H and O–H groups in total. The molecule has 25 heavy (non-hydrogen) atoms. The fourth-order valence-corrected chi connectivity index (χ4v) is 3.73. The Morgan fingerprint density at radius 3 is 2.60 bits per heavy atom. The molecule has 0 aromatic heterocycles. The van der Waals surface area contributed by atoms with E-state index in [0.29, 0.717) is 0 Å². The quantitative estimate of drug-likeness (QED) is 0.513. The van der Waals surface area contributed by atoms with Crippen LogP contribution in [0.1, 0.15) is 23.6 Å². The average molecular weight is 325 g/mol. The Morgan fingerprint density at radius 2 is 1.76 bits per heavy atom. The van der Waals surface area contributed by atoms with Crippen molar-refractivity contribution in [1.29, 1.82) is 0 Å². The summed E-state index contributed by atoms with van der Waals surface area (Å²) in [5.74, 6) is 0.979. The summed E-state index contributed by atoms with van der Waals surface area (Å²) in [6.07, 6.45) is 9.57. The van der Waals surface area contributed by atoms with E-state index in [4.69, 9.17) is 4.84 Å². The zero-order chi connectivity index (χ0) is 16.8. The smallest absolute Gasteiger partial charge is 0.168 e. The van der Waals surface area contributed by atoms with Gasteiger partial charge < -0.3 is 4.84 Å². The molecule has 2 nitrogen and oxygen atoms in total. The zero-order valence-corrected chi connectivity index (χ0v) is 14.1. The summed E-state index contributed by atoms with van der Waals surface area (Å²) < 4.78 is 0. The van der Waals surface area contributed by atoms with Gasteiger partial charge in [0.2, 0.25) is 0 Å². The first-order valence-corrected chi connectivity index (χ1v) is 8.73. The van der Waals surface area contributed by atoms with Crippen molar-refractivity contribution in [2.75, 3.05) is 0 Å². The standard InChI is InChI=1S/C23H19NO/c1-16-10-12-17(13-11-16)20-15-21-22-9-3-2-6-14-24(22)25-23(21)19-8-5-4-7-18(19)20/h3-15,22H,2H2,1H3. The number of nitrogens with zero attached hydrogens (tertiary/aromatic N) is 1. The Bertz CT molecular complexity index is 1010. The average Bonchev–Trinajstić information content (AvgIpc) is 2.83. The molecular weight excluding hydrogens is 306 g/mol. The van der Waals surface area contributed by atoms with Crippen LogP contribution in [0.15, 0.2) is 79.0 Å². The molecule has 0 saturated carbocycles. The van der Waals surface area contributed by atoms with Gasteiger partial charge in [-0.3, -0.25) is 0 Å². The van der Waals surface area contributed by atoms with Crippen molar-refractivity contribution in [3.8, 4) is 16.9 Å². The second kappa shape index (κ2) is 5.52. The molecular formula is C23H19NO. The minimum Gasteiger partial charge on any atom is -0.378 e. The Labute approximate surface area is 147 Å². The van der Waals surface area contributed by atoms with Gasteiger partial charge in [-0.05, 0) is 35.9 Å². The second-order valence-electron chi connectivity index (χ2n) is 6.70. The minimum atomic E-state index is 0.141. The molecule has 122 valence electrons. The van der Waals surface area contributed by atoms with Gasteiger partial charge in [0, 0.05) is 17.1 Å². The van der Waals surface area contributed by atoms with Crippen molar-refractivity contribution in [3.05, 3.63) is 90.2 Å². The maximum Gasteiger partial charge on any atom is 0.168 e. The van der Waals surface area contributed by atoms with Crippen LogP contribution in [0.3, 0.4) is 0 Å². The monoisotopic (exact) mass is 325 g/mol. The van der Waals surface area contributed by atoms with Crippen LogP contribution in [-0.2, 0) is 0 Å². The van der Waals surface area contributed by atoms with E-state index in [-0.39, 0.29) is 6.04 Å². The Hall–Kier alpha value is -3.00. The van der Waals surface area contributed by atoms with Gasteiger partial charge in [0.15, 0.2) is 5.75 Å². The molecule has 3 aromatic rings. The van der Waals surface area contributed by atoms with Gasteiger partial charge in [-0.1, -0.05) is 72.3 Å². The Kier molecular flexibility index (Phi) is 3.17. The van der Waals surface area contributed by atoms with Crippen LogP contribution >= 0.6 is 0 Å². The summed E-state index contributed by atoms with van der Waals surface area (Å²) in [5, 5.41) is 4.36. The first kappa shape index (κ1) is 14.4. The molecule has 1 atom stereocenters. The van der Waals surface area contributed by atoms with Crippen LogP contribution in [0.4, 0.5) is 0 Å². The summed E-state index contributed by atoms with van der Waals surface area (Å²) in [4.78, 5) is 6.21. The molecule has 2 aliphatic rings. The third kappa shape index (κ3) is 2.25. The second-order valence-corrected chi connectivity index (χ2v) is 6.70. The van der Waals surface area contributed by atoms with Crippen molar-refractivity contribution in [3.63, 3.8) is 0 Å². The summed E-state index contributed by atoms with van der Waals surface area (Å²) in [5.41, 5.74) is 5.02. The van der Waals surface area contributed by atoms with E-state index < -0.39 is 0 Å². The fourth-order valence-electron chi connectivity index (χ4n) is 3.73. The topological polar surface area (TPSA) is 12.5 Å². The number of rotatable bonds is 1. The highest BCUT2D eigenvalue weighted by Gasteiger charge is 2.32. The highest BCUT2D eigenvalue weighted by atomic mass is 16.7. The molecule has 0 radical (unpaired) electrons. The lowest BCUT2D eigenvalue weighted by Crippen LogP contribution is -2.17. The fraction of sp³-hybridized carbons (Fsp3) is 0.130. The normalized spacial score (nSPS) is 18.0. The van der Waals surface area contributed by atoms with E-state index in [1.54, 1.807) is 0 Å². The minimum absolute atomic E-state index is 0.141. The SMILES string of the molecule is Cc1ccc(-c2cc3c(c4ccccc24)ON2C=CCC=CC32)cc1. The molecule has 0 bridgehead atoms. The molecule has 3 aromatic carbocycles. The molecule has 5 rings (SSSR count). The van der Waals surface area contributed by atoms with E-state index in [1.807, 2.05) is 11.3 Å². The highest BCUT2D eigenvalue weighted by molar-refractivity contribution is 6.01. The lowest BCUT2D eigenvalue weighted by molar-refractivity contribution is -0.00238. The van der Waals surface area contributed by atoms with Gasteiger partial charge in [0.05, 0.1) is 0 Å². The van der Waals surface area contributed by atoms with Crippen molar-refractivity contribution in [1.82, 2.24) is 5.06 Å². The van der Waals surface area contributed by atoms with Gasteiger partial charge in [-0.2, -0.15) is 0 Å². The third-order valence-electron chi connectivity index (χ3n) is 5.02. The van der Waals surface area contributed by atoms with Crippen molar-refractivity contribution >= 4 is 10.8 Å². The largest absolute Gasteiger partial charge is 0.378 e. The number of aryl methyl sites for hydroxylation is 1. The molecule has 2 heterocycles. The molecule has 0 aliphatic carbocycles. The molecule has 1 unspecified atom stereocenters. The molecule has 0 spiro atoms. The molecule has 0 saturated heterocycles. The van der Waals surface area contributed by atoms with E-state index in [1.165, 1.54) is 33.0 Å². The van der Waals surface area contributed by atoms with Gasteiger partial charge in [-0.25, -0.2) is 5.06 Å². The van der Waals surface area contributed by atoms with Crippen molar-refractivity contribution in [2.24, 2.45) is 0 Å². The van der Waals surface area contributed by atoms with E-state index in [0.717, 1.165) is 12.2 Å². The maximum atomic E-state index is 6.21. The van der Waals surface area contributed by atoms with Crippen LogP contribution in [0.25, 0.3) is 21.9 Å². The van der Waals surface area contributed by atoms with Crippen LogP contribution < -0.4 is 4.84 Å². The Balaban J connectivity index is 1.79. The number of fused-ring (bicyclic) bond motifs is 5. The van der Waals surface area contributed by atoms with Gasteiger partial charge >= 0.3 is 0 Å². The van der Waals surface area contributed by atoms with E-state index in [9.17, 15) is 0 Å². The molecule has 2 aliphatic heterocycles. The highest BCUT2D eigenvalue weighted by Crippen LogP contribution is 2.47. The van der Waals surface area contributed by atoms with Crippen molar-refractivity contribution in [2.45, 2.75) is 19.4 Å². The number of benzene rings is 3. The molecule has 0 amide bonds. The number of hydroxylamine groups is 2. The van der Waals surface area contributed by atoms with Crippen LogP contribution in [0.2, 0.25) is 0 Å². The van der Waals surface area contributed by atoms with Crippen LogP contribution in [0.5, 0.6) is 5.75 Å². The third-order valence-corrected chi connectivity index (χ3v) is 5.02. The summed E-state index contributed by atoms with van der Waals surface area (Å²) in [7, 11) is 0. The first-order valence-electron chi connectivity index (χ1n) is 8.73. The number of hydrogen-bond acceptors (Lipinski definition) is 2. The number of allylic oxidation sites excluding steroid dienone is 2. The van der Waals surface area contributed by atoms with Crippen LogP contribution in [0, 0.1) is 6.92 Å². The first-order chi connectivity index (χ1) is 12.3. The van der Waals surface area contributed by atoms with Gasteiger partial charge in [0.1, 0.15) is 6.04 Å². The molecule has 0 fully saturated rings. The van der Waals surface area contributed by atoms with E-state index >= 15 is 0 Å². The lowest BCUT2D eigenvalue weighted by atomic mass is 9.92. The Morgan fingerprint density at radius 1 is 0.960 bits per heavy atom. The van der Waals surface area contributed by atoms with E-state index in [2.05, 4.69) is 79.7 Å². The summed E-state index contributed by atoms with van der Waals surface area (Å²) in [6, 6.07) is 19.7. The molecule has 2 heteroatoms. The van der Waals surface area contributed by atoms with Gasteiger partial charge in [0.25, 0.3) is 0 Å². The van der Waals surface area contributed by atoms with Crippen molar-refractivity contribution < 1.29 is 4.84 Å². The summed E-state index contributed by atoms with van der Waals surface area (Å²) >= 11 is 0. The zero-order valence-electron chi connectivity index (χ0n) is 14.1. The summed E-state index contributed by atoms with van der Waals surface area (Å²) in [6.45, 7) is 2.12. The lowest BCUT2D eigenvalue weighted by Gasteiger charge is -2.16. The maximum absolute atomic E-state index is 6.21. The predicted molar refractivity (Wildman–Crippen MR) is 102 cm³/mol. The number of hydrogen-bond donors (Lipinski definition) is 0. The van der Waals surface area contributed by atoms with Gasteiger partial charge in [-0.15, -0.1) is 0 Å².